The highest BCUT2D eigenvalue weighted by Gasteiger charge is 2.26. The summed E-state index contributed by atoms with van der Waals surface area (Å²) in [5.41, 5.74) is 2.10. The largest absolute Gasteiger partial charge is 0.375 e. The van der Waals surface area contributed by atoms with Gasteiger partial charge in [0.15, 0.2) is 11.6 Å². The summed E-state index contributed by atoms with van der Waals surface area (Å²) in [5, 5.41) is 0. The van der Waals surface area contributed by atoms with Gasteiger partial charge in [-0.15, -0.1) is 0 Å². The number of nitrogen functional groups attached to an aromatic ring is 1. The van der Waals surface area contributed by atoms with E-state index in [0.29, 0.717) is 19.7 Å². The number of nitrogens with zero attached hydrogens (tertiary/aromatic N) is 2. The summed E-state index contributed by atoms with van der Waals surface area (Å²) < 4.78 is 19.5. The van der Waals surface area contributed by atoms with Crippen LogP contribution < -0.4 is 11.3 Å². The first-order chi connectivity index (χ1) is 9.17. The first-order valence-corrected chi connectivity index (χ1v) is 6.19. The summed E-state index contributed by atoms with van der Waals surface area (Å²) in [6.07, 6.45) is 2.18. The van der Waals surface area contributed by atoms with Crippen molar-refractivity contribution in [1.29, 1.82) is 0 Å². The molecule has 0 aliphatic carbocycles. The molecule has 0 spiro atoms. The third-order valence-corrected chi connectivity index (χ3v) is 3.14. The van der Waals surface area contributed by atoms with Crippen molar-refractivity contribution >= 4 is 11.7 Å². The molecule has 1 aliphatic rings. The van der Waals surface area contributed by atoms with Gasteiger partial charge in [0, 0.05) is 19.3 Å². The molecule has 1 amide bonds. The number of anilines is 1. The van der Waals surface area contributed by atoms with Gasteiger partial charge in [-0.25, -0.2) is 15.2 Å². The molecular formula is C12H17FN4O2. The van der Waals surface area contributed by atoms with Crippen LogP contribution in [0.3, 0.4) is 0 Å². The first kappa shape index (κ1) is 13.7. The average molecular weight is 268 g/mol. The summed E-state index contributed by atoms with van der Waals surface area (Å²) >= 11 is 0. The van der Waals surface area contributed by atoms with E-state index >= 15 is 0 Å². The lowest BCUT2D eigenvalue weighted by Gasteiger charge is -2.32. The number of hydrogen-bond donors (Lipinski definition) is 2. The molecule has 0 radical (unpaired) electrons. The standard InChI is InChI=1S/C12H17FN4O2/c1-2-8-7-17(5-6-19-8)12(18)9-3-4-15-11(16-14)10(9)13/h3-4,8H,2,5-7,14H2,1H3,(H,15,16). The lowest BCUT2D eigenvalue weighted by Crippen LogP contribution is -2.45. The van der Waals surface area contributed by atoms with E-state index in [2.05, 4.69) is 10.4 Å². The number of morpholine rings is 1. The molecule has 1 saturated heterocycles. The van der Waals surface area contributed by atoms with Gasteiger partial charge in [0.25, 0.3) is 5.91 Å². The average Bonchev–Trinajstić information content (AvgIpc) is 2.47. The van der Waals surface area contributed by atoms with Crippen LogP contribution in [0.2, 0.25) is 0 Å². The van der Waals surface area contributed by atoms with E-state index in [1.165, 1.54) is 12.3 Å². The Morgan fingerprint density at radius 1 is 1.74 bits per heavy atom. The maximum Gasteiger partial charge on any atom is 0.257 e. The maximum atomic E-state index is 14.0. The number of aromatic nitrogens is 1. The molecule has 2 rings (SSSR count). The maximum absolute atomic E-state index is 14.0. The fourth-order valence-corrected chi connectivity index (χ4v) is 2.03. The minimum atomic E-state index is -0.727. The Morgan fingerprint density at radius 3 is 3.21 bits per heavy atom. The number of carbonyl (C=O) groups excluding carboxylic acids is 1. The van der Waals surface area contributed by atoms with Crippen molar-refractivity contribution < 1.29 is 13.9 Å². The Labute approximate surface area is 110 Å². The number of pyridine rings is 1. The zero-order valence-electron chi connectivity index (χ0n) is 10.7. The lowest BCUT2D eigenvalue weighted by atomic mass is 10.1. The SMILES string of the molecule is CCC1CN(C(=O)c2ccnc(NN)c2F)CCO1. The molecule has 0 aromatic carbocycles. The molecule has 19 heavy (non-hydrogen) atoms. The molecule has 1 atom stereocenters. The Morgan fingerprint density at radius 2 is 2.53 bits per heavy atom. The fraction of sp³-hybridized carbons (Fsp3) is 0.500. The van der Waals surface area contributed by atoms with Gasteiger partial charge in [-0.1, -0.05) is 6.92 Å². The van der Waals surface area contributed by atoms with E-state index in [1.807, 2.05) is 6.92 Å². The highest BCUT2D eigenvalue weighted by Crippen LogP contribution is 2.18. The van der Waals surface area contributed by atoms with Crippen LogP contribution in [0.4, 0.5) is 10.2 Å². The summed E-state index contributed by atoms with van der Waals surface area (Å²) in [6.45, 7) is 3.39. The van der Waals surface area contributed by atoms with Crippen molar-refractivity contribution in [2.24, 2.45) is 5.84 Å². The summed E-state index contributed by atoms with van der Waals surface area (Å²) in [7, 11) is 0. The van der Waals surface area contributed by atoms with E-state index < -0.39 is 5.82 Å². The highest BCUT2D eigenvalue weighted by molar-refractivity contribution is 5.95. The molecule has 3 N–H and O–H groups in total. The smallest absolute Gasteiger partial charge is 0.257 e. The van der Waals surface area contributed by atoms with E-state index in [9.17, 15) is 9.18 Å². The van der Waals surface area contributed by atoms with Crippen molar-refractivity contribution in [1.82, 2.24) is 9.88 Å². The Kier molecular flexibility index (Phi) is 4.28. The molecule has 0 bridgehead atoms. The minimum Gasteiger partial charge on any atom is -0.375 e. The second-order valence-electron chi connectivity index (χ2n) is 4.32. The number of rotatable bonds is 3. The van der Waals surface area contributed by atoms with Crippen LogP contribution in [0.25, 0.3) is 0 Å². The van der Waals surface area contributed by atoms with Crippen LogP contribution >= 0.6 is 0 Å². The van der Waals surface area contributed by atoms with Crippen LogP contribution in [0.5, 0.6) is 0 Å². The van der Waals surface area contributed by atoms with Crippen LogP contribution in [-0.2, 0) is 4.74 Å². The molecular weight excluding hydrogens is 251 g/mol. The van der Waals surface area contributed by atoms with Crippen LogP contribution in [-0.4, -0.2) is 41.6 Å². The quantitative estimate of drug-likeness (QED) is 0.625. The highest BCUT2D eigenvalue weighted by atomic mass is 19.1. The van der Waals surface area contributed by atoms with Crippen molar-refractivity contribution in [3.8, 4) is 0 Å². The van der Waals surface area contributed by atoms with E-state index in [4.69, 9.17) is 10.6 Å². The number of ether oxygens (including phenoxy) is 1. The van der Waals surface area contributed by atoms with Gasteiger partial charge < -0.3 is 15.1 Å². The van der Waals surface area contributed by atoms with Crippen molar-refractivity contribution in [2.45, 2.75) is 19.4 Å². The minimum absolute atomic E-state index is 0.00898. The van der Waals surface area contributed by atoms with Gasteiger partial charge >= 0.3 is 0 Å². The Hall–Kier alpha value is -1.73. The monoisotopic (exact) mass is 268 g/mol. The number of hydrogen-bond acceptors (Lipinski definition) is 5. The number of carbonyl (C=O) groups is 1. The molecule has 0 saturated carbocycles. The number of halogens is 1. The normalized spacial score (nSPS) is 19.3. The predicted octanol–water partition coefficient (Wildman–Crippen LogP) is 0.757. The molecule has 2 heterocycles. The molecule has 6 nitrogen and oxygen atoms in total. The number of amides is 1. The van der Waals surface area contributed by atoms with E-state index in [0.717, 1.165) is 6.42 Å². The molecule has 1 fully saturated rings. The molecule has 1 aliphatic heterocycles. The van der Waals surface area contributed by atoms with Gasteiger partial charge in [0.1, 0.15) is 0 Å². The van der Waals surface area contributed by atoms with Crippen molar-refractivity contribution in [3.05, 3.63) is 23.6 Å². The molecule has 7 heteroatoms. The zero-order chi connectivity index (χ0) is 13.8. The molecule has 1 aromatic heterocycles. The van der Waals surface area contributed by atoms with Gasteiger partial charge in [-0.2, -0.15) is 0 Å². The van der Waals surface area contributed by atoms with Crippen LogP contribution in [0.15, 0.2) is 12.3 Å². The topological polar surface area (TPSA) is 80.5 Å². The summed E-state index contributed by atoms with van der Waals surface area (Å²) in [5.74, 6) is 3.92. The third kappa shape index (κ3) is 2.82. The van der Waals surface area contributed by atoms with Gasteiger partial charge in [0.2, 0.25) is 0 Å². The van der Waals surface area contributed by atoms with Crippen molar-refractivity contribution in [3.63, 3.8) is 0 Å². The van der Waals surface area contributed by atoms with Gasteiger partial charge in [0.05, 0.1) is 18.3 Å². The Bertz CT molecular complexity index is 469. The van der Waals surface area contributed by atoms with Crippen LogP contribution in [0, 0.1) is 5.82 Å². The first-order valence-electron chi connectivity index (χ1n) is 6.19. The molecule has 1 unspecified atom stereocenters. The van der Waals surface area contributed by atoms with E-state index in [-0.39, 0.29) is 23.4 Å². The third-order valence-electron chi connectivity index (χ3n) is 3.14. The zero-order valence-corrected chi connectivity index (χ0v) is 10.7. The molecule has 104 valence electrons. The summed E-state index contributed by atoms with van der Waals surface area (Å²) in [4.78, 5) is 17.6. The Balaban J connectivity index is 2.19. The van der Waals surface area contributed by atoms with Crippen LogP contribution in [0.1, 0.15) is 23.7 Å². The number of nitrogens with one attached hydrogen (secondary N) is 1. The summed E-state index contributed by atoms with van der Waals surface area (Å²) in [6, 6.07) is 1.36. The molecule has 1 aromatic rings. The predicted molar refractivity (Wildman–Crippen MR) is 67.9 cm³/mol. The second-order valence-corrected chi connectivity index (χ2v) is 4.32. The fourth-order valence-electron chi connectivity index (χ4n) is 2.03. The van der Waals surface area contributed by atoms with E-state index in [1.54, 1.807) is 4.90 Å². The number of hydrazine groups is 1. The van der Waals surface area contributed by atoms with Gasteiger partial charge in [-0.05, 0) is 12.5 Å². The number of nitrogens with two attached hydrogens (primary N) is 1. The van der Waals surface area contributed by atoms with Crippen molar-refractivity contribution in [2.75, 3.05) is 25.1 Å². The lowest BCUT2D eigenvalue weighted by molar-refractivity contribution is -0.0227. The second kappa shape index (κ2) is 5.94. The van der Waals surface area contributed by atoms with Gasteiger partial charge in [-0.3, -0.25) is 4.79 Å².